The van der Waals surface area contributed by atoms with E-state index in [1.54, 1.807) is 6.92 Å². The number of aldehydes is 1. The first kappa shape index (κ1) is 12.5. The van der Waals surface area contributed by atoms with E-state index in [2.05, 4.69) is 15.9 Å². The number of nitrogens with zero attached hydrogens (tertiary/aromatic N) is 1. The SMILES string of the molecule is Cc1ccc([N+](=O)[O-])c(C=O)c1C(=O)CBr. The highest BCUT2D eigenvalue weighted by Gasteiger charge is 2.22. The van der Waals surface area contributed by atoms with Crippen LogP contribution in [0.15, 0.2) is 12.1 Å². The molecule has 0 heterocycles. The van der Waals surface area contributed by atoms with Crippen molar-refractivity contribution in [3.8, 4) is 0 Å². The van der Waals surface area contributed by atoms with Gasteiger partial charge in [0.2, 0.25) is 0 Å². The Morgan fingerprint density at radius 3 is 2.62 bits per heavy atom. The highest BCUT2D eigenvalue weighted by atomic mass is 79.9. The number of nitro benzene ring substituents is 1. The Hall–Kier alpha value is -1.56. The molecule has 0 saturated carbocycles. The number of carbonyl (C=O) groups excluding carboxylic acids is 2. The predicted molar refractivity (Wildman–Crippen MR) is 61.3 cm³/mol. The summed E-state index contributed by atoms with van der Waals surface area (Å²) in [6.45, 7) is 1.63. The number of ketones is 1. The van der Waals surface area contributed by atoms with Crippen molar-refractivity contribution < 1.29 is 14.5 Å². The molecule has 16 heavy (non-hydrogen) atoms. The van der Waals surface area contributed by atoms with E-state index >= 15 is 0 Å². The monoisotopic (exact) mass is 285 g/mol. The summed E-state index contributed by atoms with van der Waals surface area (Å²) in [7, 11) is 0. The summed E-state index contributed by atoms with van der Waals surface area (Å²) in [6, 6.07) is 2.69. The van der Waals surface area contributed by atoms with Crippen LogP contribution in [0.1, 0.15) is 26.3 Å². The molecule has 5 nitrogen and oxygen atoms in total. The maximum Gasteiger partial charge on any atom is 0.280 e. The lowest BCUT2D eigenvalue weighted by atomic mass is 9.98. The molecule has 0 unspecified atom stereocenters. The number of nitro groups is 1. The molecule has 84 valence electrons. The molecule has 0 fully saturated rings. The minimum atomic E-state index is -0.672. The first-order valence-corrected chi connectivity index (χ1v) is 5.47. The number of hydrogen-bond donors (Lipinski definition) is 0. The fraction of sp³-hybridized carbons (Fsp3) is 0.200. The number of rotatable bonds is 4. The fourth-order valence-corrected chi connectivity index (χ4v) is 1.71. The van der Waals surface area contributed by atoms with Crippen LogP contribution in [0.25, 0.3) is 0 Å². The molecule has 0 aromatic heterocycles. The second-order valence-corrected chi connectivity index (χ2v) is 3.68. The molecule has 0 amide bonds. The lowest BCUT2D eigenvalue weighted by Crippen LogP contribution is -2.09. The Balaban J connectivity index is 3.56. The first-order chi connectivity index (χ1) is 7.52. The summed E-state index contributed by atoms with van der Waals surface area (Å²) in [6.07, 6.45) is 0.348. The third kappa shape index (κ3) is 2.16. The Bertz CT molecular complexity index is 470. The minimum absolute atomic E-state index is 0.0237. The maximum atomic E-state index is 11.6. The second-order valence-electron chi connectivity index (χ2n) is 3.12. The Labute approximate surface area is 99.7 Å². The van der Waals surface area contributed by atoms with Crippen LogP contribution in [0.4, 0.5) is 5.69 Å². The Morgan fingerprint density at radius 2 is 2.19 bits per heavy atom. The lowest BCUT2D eigenvalue weighted by molar-refractivity contribution is -0.385. The minimum Gasteiger partial charge on any atom is -0.298 e. The zero-order chi connectivity index (χ0) is 12.3. The summed E-state index contributed by atoms with van der Waals surface area (Å²) >= 11 is 2.98. The van der Waals surface area contributed by atoms with Gasteiger partial charge in [0, 0.05) is 11.6 Å². The van der Waals surface area contributed by atoms with Crippen molar-refractivity contribution in [3.63, 3.8) is 0 Å². The van der Waals surface area contributed by atoms with E-state index in [0.29, 0.717) is 11.8 Å². The van der Waals surface area contributed by atoms with E-state index in [9.17, 15) is 19.7 Å². The summed E-state index contributed by atoms with van der Waals surface area (Å²) in [5.41, 5.74) is 0.164. The van der Waals surface area contributed by atoms with Gasteiger partial charge in [0.25, 0.3) is 5.69 Å². The molecule has 0 saturated heterocycles. The van der Waals surface area contributed by atoms with Crippen LogP contribution in [0, 0.1) is 17.0 Å². The topological polar surface area (TPSA) is 77.3 Å². The van der Waals surface area contributed by atoms with Crippen LogP contribution in [-0.2, 0) is 0 Å². The van der Waals surface area contributed by atoms with E-state index in [-0.39, 0.29) is 27.9 Å². The summed E-state index contributed by atoms with van der Waals surface area (Å²) < 4.78 is 0. The van der Waals surface area contributed by atoms with E-state index in [1.807, 2.05) is 0 Å². The van der Waals surface area contributed by atoms with Crippen LogP contribution < -0.4 is 0 Å². The van der Waals surface area contributed by atoms with Gasteiger partial charge in [-0.25, -0.2) is 0 Å². The molecule has 0 radical (unpaired) electrons. The number of halogens is 1. The third-order valence-electron chi connectivity index (χ3n) is 2.15. The van der Waals surface area contributed by atoms with E-state index in [1.165, 1.54) is 12.1 Å². The zero-order valence-electron chi connectivity index (χ0n) is 8.40. The van der Waals surface area contributed by atoms with Crippen LogP contribution in [0.5, 0.6) is 0 Å². The van der Waals surface area contributed by atoms with Crippen LogP contribution in [-0.4, -0.2) is 22.3 Å². The van der Waals surface area contributed by atoms with Crippen molar-refractivity contribution in [1.82, 2.24) is 0 Å². The van der Waals surface area contributed by atoms with Crippen molar-refractivity contribution in [2.45, 2.75) is 6.92 Å². The normalized spacial score (nSPS) is 9.88. The van der Waals surface area contributed by atoms with Gasteiger partial charge in [-0.3, -0.25) is 19.7 Å². The lowest BCUT2D eigenvalue weighted by Gasteiger charge is -2.06. The molecule has 0 bridgehead atoms. The average molecular weight is 286 g/mol. The maximum absolute atomic E-state index is 11.6. The van der Waals surface area contributed by atoms with Gasteiger partial charge in [-0.05, 0) is 12.5 Å². The van der Waals surface area contributed by atoms with Crippen LogP contribution >= 0.6 is 15.9 Å². The summed E-state index contributed by atoms with van der Waals surface area (Å²) in [5, 5.41) is 10.7. The quantitative estimate of drug-likeness (QED) is 0.280. The number of alkyl halides is 1. The van der Waals surface area contributed by atoms with E-state index < -0.39 is 4.92 Å². The standard InChI is InChI=1S/C10H8BrNO4/c1-6-2-3-8(12(15)16)7(5-13)10(6)9(14)4-11/h2-3,5H,4H2,1H3. The summed E-state index contributed by atoms with van der Waals surface area (Å²) in [4.78, 5) is 32.4. The number of hydrogen-bond acceptors (Lipinski definition) is 4. The Morgan fingerprint density at radius 1 is 1.56 bits per heavy atom. The molecule has 1 rings (SSSR count). The van der Waals surface area contributed by atoms with Gasteiger partial charge in [0.1, 0.15) is 5.56 Å². The van der Waals surface area contributed by atoms with Crippen LogP contribution in [0.2, 0.25) is 0 Å². The second kappa shape index (κ2) is 4.98. The van der Waals surface area contributed by atoms with Crippen molar-refractivity contribution in [2.24, 2.45) is 0 Å². The molecule has 1 aromatic rings. The van der Waals surface area contributed by atoms with E-state index in [4.69, 9.17) is 0 Å². The van der Waals surface area contributed by atoms with Gasteiger partial charge < -0.3 is 0 Å². The van der Waals surface area contributed by atoms with Gasteiger partial charge in [0.15, 0.2) is 12.1 Å². The number of carbonyl (C=O) groups is 2. The molecule has 0 aliphatic carbocycles. The molecule has 0 aliphatic heterocycles. The van der Waals surface area contributed by atoms with Gasteiger partial charge in [-0.15, -0.1) is 0 Å². The van der Waals surface area contributed by atoms with E-state index in [0.717, 1.165) is 0 Å². The molecule has 1 aromatic carbocycles. The zero-order valence-corrected chi connectivity index (χ0v) is 9.98. The smallest absolute Gasteiger partial charge is 0.280 e. The van der Waals surface area contributed by atoms with Crippen LogP contribution in [0.3, 0.4) is 0 Å². The van der Waals surface area contributed by atoms with Gasteiger partial charge in [-0.2, -0.15) is 0 Å². The number of Topliss-reactive ketones (excluding diaryl/α,β-unsaturated/α-hetero) is 1. The number of aryl methyl sites for hydroxylation is 1. The highest BCUT2D eigenvalue weighted by molar-refractivity contribution is 9.09. The van der Waals surface area contributed by atoms with Crippen molar-refractivity contribution in [3.05, 3.63) is 38.9 Å². The average Bonchev–Trinajstić information content (AvgIpc) is 2.26. The molecular weight excluding hydrogens is 278 g/mol. The molecule has 6 heteroatoms. The molecule has 0 N–H and O–H groups in total. The summed E-state index contributed by atoms with van der Waals surface area (Å²) in [5.74, 6) is -0.344. The van der Waals surface area contributed by atoms with Gasteiger partial charge in [0.05, 0.1) is 10.3 Å². The predicted octanol–water partition coefficient (Wildman–Crippen LogP) is 2.29. The Kier molecular flexibility index (Phi) is 3.89. The highest BCUT2D eigenvalue weighted by Crippen LogP contribution is 2.24. The molecule has 0 aliphatic rings. The van der Waals surface area contributed by atoms with Gasteiger partial charge in [-0.1, -0.05) is 22.0 Å². The van der Waals surface area contributed by atoms with Crippen molar-refractivity contribution in [2.75, 3.05) is 5.33 Å². The first-order valence-electron chi connectivity index (χ1n) is 4.35. The van der Waals surface area contributed by atoms with Crippen molar-refractivity contribution in [1.29, 1.82) is 0 Å². The number of benzene rings is 1. The third-order valence-corrected chi connectivity index (χ3v) is 2.65. The van der Waals surface area contributed by atoms with Crippen molar-refractivity contribution >= 4 is 33.7 Å². The molecular formula is C10H8BrNO4. The molecule has 0 atom stereocenters. The fourth-order valence-electron chi connectivity index (χ4n) is 1.43. The largest absolute Gasteiger partial charge is 0.298 e. The molecule has 0 spiro atoms. The van der Waals surface area contributed by atoms with Gasteiger partial charge >= 0.3 is 0 Å².